The topological polar surface area (TPSA) is 119 Å². The number of carbonyl (C=O) groups excluding carboxylic acids is 7. The lowest BCUT2D eigenvalue weighted by molar-refractivity contribution is -0.133. The first kappa shape index (κ1) is 38.7. The predicted molar refractivity (Wildman–Crippen MR) is 194 cm³/mol. The van der Waals surface area contributed by atoms with Gasteiger partial charge >= 0.3 is 0 Å². The summed E-state index contributed by atoms with van der Waals surface area (Å²) in [6, 6.07) is 1.94. The number of rotatable bonds is 13. The van der Waals surface area contributed by atoms with Crippen molar-refractivity contribution in [2.75, 3.05) is 0 Å². The molecule has 3 aliphatic carbocycles. The van der Waals surface area contributed by atoms with Crippen molar-refractivity contribution in [2.24, 2.45) is 29.6 Å². The Morgan fingerprint density at radius 3 is 1.70 bits per heavy atom. The van der Waals surface area contributed by atoms with E-state index in [1.807, 2.05) is 19.9 Å². The summed E-state index contributed by atoms with van der Waals surface area (Å²) in [4.78, 5) is 92.6. The molecule has 0 heterocycles. The van der Waals surface area contributed by atoms with Crippen LogP contribution in [0.5, 0.6) is 0 Å². The van der Waals surface area contributed by atoms with Crippen LogP contribution in [0.4, 0.5) is 0 Å². The maximum atomic E-state index is 14.2. The zero-order valence-corrected chi connectivity index (χ0v) is 30.1. The molecule has 0 N–H and O–H groups in total. The van der Waals surface area contributed by atoms with Crippen molar-refractivity contribution in [3.8, 4) is 0 Å². The van der Waals surface area contributed by atoms with Gasteiger partial charge in [-0.2, -0.15) is 0 Å². The molecule has 1 aromatic carbocycles. The SMILES string of the molecule is CCCC(CC1CC(=O)c2c(C)c(CC3C(=O)C/C=C\C=C/CC3=O)cc(CC3C(=O)C/C=C\C=C/CC3=O)c2C1)C(CC)C(=O)CC(C)=O. The molecule has 1 aromatic rings. The standard InChI is InChI=1S/C43H52O7/c1-5-15-30(33(6-2)41(49)20-27(3)44)21-29-22-34-32(26-36-39(47)18-13-9-10-14-19-40(36)48)24-31(28(4)43(34)42(50)23-29)25-35-37(45)16-11-7-8-12-17-38(35)46/h7-14,24,29-30,33,35-36H,5-6,15-23,25-26H2,1-4H3/b11-7-,12-8-,13-9-,14-10-. The van der Waals surface area contributed by atoms with Gasteiger partial charge in [-0.05, 0) is 80.0 Å². The van der Waals surface area contributed by atoms with Gasteiger partial charge in [-0.1, -0.05) is 81.4 Å². The van der Waals surface area contributed by atoms with Crippen LogP contribution in [0, 0.1) is 36.5 Å². The maximum Gasteiger partial charge on any atom is 0.163 e. The minimum atomic E-state index is -0.887. The van der Waals surface area contributed by atoms with Crippen molar-refractivity contribution in [2.45, 2.75) is 111 Å². The Kier molecular flexibility index (Phi) is 14.1. The zero-order chi connectivity index (χ0) is 36.4. The lowest BCUT2D eigenvalue weighted by Crippen LogP contribution is -2.32. The predicted octanol–water partition coefficient (Wildman–Crippen LogP) is 7.53. The Bertz CT molecular complexity index is 1580. The number of Topliss-reactive ketones (excluding diaryl/α,β-unsaturated/α-hetero) is 7. The molecule has 3 atom stereocenters. The zero-order valence-electron chi connectivity index (χ0n) is 30.1. The Labute approximate surface area is 296 Å². The number of benzene rings is 1. The summed E-state index contributed by atoms with van der Waals surface area (Å²) < 4.78 is 0. The normalized spacial score (nSPS) is 23.0. The first-order chi connectivity index (χ1) is 23.9. The average Bonchev–Trinajstić information content (AvgIpc) is 3.18. The minimum absolute atomic E-state index is 0.0274. The Morgan fingerprint density at radius 2 is 1.24 bits per heavy atom. The molecule has 0 spiro atoms. The van der Waals surface area contributed by atoms with Crippen molar-refractivity contribution in [3.63, 3.8) is 0 Å². The van der Waals surface area contributed by atoms with Gasteiger partial charge < -0.3 is 0 Å². The largest absolute Gasteiger partial charge is 0.300 e. The van der Waals surface area contributed by atoms with Gasteiger partial charge in [-0.25, -0.2) is 0 Å². The van der Waals surface area contributed by atoms with Gasteiger partial charge in [0, 0.05) is 43.6 Å². The molecule has 0 amide bonds. The molecule has 0 saturated heterocycles. The third kappa shape index (κ3) is 9.76. The molecule has 0 saturated carbocycles. The molecule has 7 heteroatoms. The lowest BCUT2D eigenvalue weighted by atomic mass is 9.70. The molecule has 7 nitrogen and oxygen atoms in total. The van der Waals surface area contributed by atoms with Gasteiger partial charge in [0.1, 0.15) is 34.7 Å². The van der Waals surface area contributed by atoms with Gasteiger partial charge in [-0.3, -0.25) is 33.6 Å². The van der Waals surface area contributed by atoms with Crippen LogP contribution in [-0.4, -0.2) is 40.5 Å². The van der Waals surface area contributed by atoms with Crippen LogP contribution in [-0.2, 0) is 48.0 Å². The van der Waals surface area contributed by atoms with Crippen molar-refractivity contribution in [1.82, 2.24) is 0 Å². The van der Waals surface area contributed by atoms with E-state index >= 15 is 0 Å². The van der Waals surface area contributed by atoms with E-state index in [0.29, 0.717) is 31.2 Å². The first-order valence-electron chi connectivity index (χ1n) is 18.4. The highest BCUT2D eigenvalue weighted by Crippen LogP contribution is 2.40. The number of hydrogen-bond donors (Lipinski definition) is 0. The van der Waals surface area contributed by atoms with E-state index in [9.17, 15) is 33.6 Å². The highest BCUT2D eigenvalue weighted by molar-refractivity contribution is 6.05. The van der Waals surface area contributed by atoms with Crippen LogP contribution in [0.15, 0.2) is 54.7 Å². The second-order valence-corrected chi connectivity index (χ2v) is 14.4. The summed E-state index contributed by atoms with van der Waals surface area (Å²) in [5.41, 5.74) is 3.61. The fraction of sp³-hybridized carbons (Fsp3) is 0.512. The molecule has 50 heavy (non-hydrogen) atoms. The van der Waals surface area contributed by atoms with E-state index in [1.165, 1.54) is 6.92 Å². The van der Waals surface area contributed by atoms with Crippen LogP contribution in [0.3, 0.4) is 0 Å². The van der Waals surface area contributed by atoms with Crippen LogP contribution < -0.4 is 0 Å². The van der Waals surface area contributed by atoms with Gasteiger partial charge in [0.15, 0.2) is 5.78 Å². The maximum absolute atomic E-state index is 14.2. The van der Waals surface area contributed by atoms with Crippen LogP contribution in [0.1, 0.15) is 118 Å². The number of carbonyl (C=O) groups is 7. The van der Waals surface area contributed by atoms with E-state index in [0.717, 1.165) is 35.1 Å². The second-order valence-electron chi connectivity index (χ2n) is 14.4. The second kappa shape index (κ2) is 18.2. The molecule has 0 fully saturated rings. The van der Waals surface area contributed by atoms with E-state index in [-0.39, 0.29) is 103 Å². The molecular formula is C43H52O7. The number of ketones is 7. The number of allylic oxidation sites excluding steroid dienone is 8. The van der Waals surface area contributed by atoms with E-state index < -0.39 is 11.8 Å². The van der Waals surface area contributed by atoms with Crippen LogP contribution in [0.25, 0.3) is 0 Å². The van der Waals surface area contributed by atoms with Gasteiger partial charge in [0.2, 0.25) is 0 Å². The monoisotopic (exact) mass is 680 g/mol. The van der Waals surface area contributed by atoms with Crippen LogP contribution >= 0.6 is 0 Å². The summed E-state index contributed by atoms with van der Waals surface area (Å²) in [5, 5.41) is 0. The third-order valence-electron chi connectivity index (χ3n) is 10.7. The van der Waals surface area contributed by atoms with E-state index in [4.69, 9.17) is 0 Å². The van der Waals surface area contributed by atoms with Crippen molar-refractivity contribution in [1.29, 1.82) is 0 Å². The average molecular weight is 681 g/mol. The summed E-state index contributed by atoms with van der Waals surface area (Å²) in [6.45, 7) is 7.37. The van der Waals surface area contributed by atoms with E-state index in [1.54, 1.807) is 48.6 Å². The Balaban J connectivity index is 1.77. The molecule has 0 bridgehead atoms. The Hall–Kier alpha value is -4.13. The summed E-state index contributed by atoms with van der Waals surface area (Å²) in [7, 11) is 0. The number of hydrogen-bond acceptors (Lipinski definition) is 7. The van der Waals surface area contributed by atoms with Crippen molar-refractivity contribution < 1.29 is 33.6 Å². The van der Waals surface area contributed by atoms with E-state index in [2.05, 4.69) is 6.92 Å². The van der Waals surface area contributed by atoms with Gasteiger partial charge in [-0.15, -0.1) is 0 Å². The third-order valence-corrected chi connectivity index (χ3v) is 10.7. The highest BCUT2D eigenvalue weighted by atomic mass is 16.2. The molecule has 3 aliphatic rings. The summed E-state index contributed by atoms with van der Waals surface area (Å²) >= 11 is 0. The molecule has 0 radical (unpaired) electrons. The molecule has 0 aromatic heterocycles. The first-order valence-corrected chi connectivity index (χ1v) is 18.4. The van der Waals surface area contributed by atoms with Gasteiger partial charge in [0.05, 0.1) is 18.3 Å². The highest BCUT2D eigenvalue weighted by Gasteiger charge is 2.37. The summed E-state index contributed by atoms with van der Waals surface area (Å²) in [5.74, 6) is -2.96. The van der Waals surface area contributed by atoms with Crippen LogP contribution in [0.2, 0.25) is 0 Å². The fourth-order valence-corrected chi connectivity index (χ4v) is 8.21. The minimum Gasteiger partial charge on any atom is -0.300 e. The molecule has 266 valence electrons. The lowest BCUT2D eigenvalue weighted by Gasteiger charge is -2.33. The molecular weight excluding hydrogens is 628 g/mol. The summed E-state index contributed by atoms with van der Waals surface area (Å²) in [6.07, 6.45) is 18.6. The quantitative estimate of drug-likeness (QED) is 0.198. The molecule has 3 unspecified atom stereocenters. The van der Waals surface area contributed by atoms with Crippen molar-refractivity contribution in [3.05, 3.63) is 82.5 Å². The van der Waals surface area contributed by atoms with Gasteiger partial charge in [0.25, 0.3) is 0 Å². The fourth-order valence-electron chi connectivity index (χ4n) is 8.21. The smallest absolute Gasteiger partial charge is 0.163 e. The molecule has 0 aliphatic heterocycles. The number of fused-ring (bicyclic) bond motifs is 1. The Morgan fingerprint density at radius 1 is 0.740 bits per heavy atom. The van der Waals surface area contributed by atoms with Crippen molar-refractivity contribution >= 4 is 40.5 Å². The molecule has 4 rings (SSSR count).